The Morgan fingerprint density at radius 1 is 0.739 bits per heavy atom. The van der Waals surface area contributed by atoms with Gasteiger partial charge in [-0.1, -0.05) is 49.5 Å². The molecule has 3 rings (SSSR count). The van der Waals surface area contributed by atoms with Crippen LogP contribution in [0.4, 0.5) is 8.78 Å². The molecule has 0 aliphatic heterocycles. The van der Waals surface area contributed by atoms with Gasteiger partial charge in [-0.05, 0) is 53.1 Å². The minimum Gasteiger partial charge on any atom is -0.204 e. The second kappa shape index (κ2) is 6.62. The predicted octanol–water partition coefficient (Wildman–Crippen LogP) is 5.47. The predicted molar refractivity (Wildman–Crippen MR) is 90.3 cm³/mol. The van der Waals surface area contributed by atoms with Gasteiger partial charge in [0.2, 0.25) is 0 Å². The number of hydrogen-bond acceptors (Lipinski definition) is 0. The standard InChI is InChI=1S/C21H16F2/c1-2-3-15-6-9-19-13-16(7-10-18(19)12-15)4-5-17-8-11-20(22)21(23)14-17/h6-14H,2-3H2,1H3. The molecule has 23 heavy (non-hydrogen) atoms. The van der Waals surface area contributed by atoms with Crippen LogP contribution in [-0.4, -0.2) is 0 Å². The van der Waals surface area contributed by atoms with Crippen LogP contribution in [0.1, 0.15) is 30.0 Å². The van der Waals surface area contributed by atoms with Crippen LogP contribution in [0.5, 0.6) is 0 Å². The molecule has 0 nitrogen and oxygen atoms in total. The summed E-state index contributed by atoms with van der Waals surface area (Å²) in [7, 11) is 0. The van der Waals surface area contributed by atoms with E-state index in [4.69, 9.17) is 0 Å². The third-order valence-electron chi connectivity index (χ3n) is 3.71. The Morgan fingerprint density at radius 2 is 1.39 bits per heavy atom. The van der Waals surface area contributed by atoms with E-state index in [0.29, 0.717) is 5.56 Å². The first-order valence-electron chi connectivity index (χ1n) is 7.65. The summed E-state index contributed by atoms with van der Waals surface area (Å²) >= 11 is 0. The lowest BCUT2D eigenvalue weighted by Crippen LogP contribution is -1.85. The highest BCUT2D eigenvalue weighted by molar-refractivity contribution is 5.84. The van der Waals surface area contributed by atoms with E-state index in [0.717, 1.165) is 35.9 Å². The van der Waals surface area contributed by atoms with E-state index in [2.05, 4.69) is 37.0 Å². The first-order valence-corrected chi connectivity index (χ1v) is 7.65. The molecule has 0 amide bonds. The van der Waals surface area contributed by atoms with Gasteiger partial charge in [0.25, 0.3) is 0 Å². The Hall–Kier alpha value is -2.66. The van der Waals surface area contributed by atoms with Gasteiger partial charge in [-0.25, -0.2) is 8.78 Å². The summed E-state index contributed by atoms with van der Waals surface area (Å²) in [5, 5.41) is 2.32. The van der Waals surface area contributed by atoms with Gasteiger partial charge in [-0.2, -0.15) is 0 Å². The summed E-state index contributed by atoms with van der Waals surface area (Å²) in [5.74, 6) is 4.14. The van der Waals surface area contributed by atoms with Gasteiger partial charge in [-0.3, -0.25) is 0 Å². The van der Waals surface area contributed by atoms with Crippen molar-refractivity contribution in [3.63, 3.8) is 0 Å². The maximum Gasteiger partial charge on any atom is 0.160 e. The number of rotatable bonds is 2. The van der Waals surface area contributed by atoms with Gasteiger partial charge in [-0.15, -0.1) is 0 Å². The highest BCUT2D eigenvalue weighted by atomic mass is 19.2. The van der Waals surface area contributed by atoms with Crippen LogP contribution < -0.4 is 0 Å². The molecule has 0 unspecified atom stereocenters. The quantitative estimate of drug-likeness (QED) is 0.551. The highest BCUT2D eigenvalue weighted by Gasteiger charge is 2.00. The maximum absolute atomic E-state index is 13.2. The molecule has 3 aromatic rings. The average molecular weight is 306 g/mol. The van der Waals surface area contributed by atoms with Crippen LogP contribution in [0, 0.1) is 23.5 Å². The molecule has 0 atom stereocenters. The molecule has 0 bridgehead atoms. The highest BCUT2D eigenvalue weighted by Crippen LogP contribution is 2.18. The molecule has 2 heteroatoms. The van der Waals surface area contributed by atoms with E-state index in [1.54, 1.807) is 0 Å². The summed E-state index contributed by atoms with van der Waals surface area (Å²) in [4.78, 5) is 0. The van der Waals surface area contributed by atoms with Crippen molar-refractivity contribution >= 4 is 10.8 Å². The summed E-state index contributed by atoms with van der Waals surface area (Å²) < 4.78 is 26.1. The number of fused-ring (bicyclic) bond motifs is 1. The van der Waals surface area contributed by atoms with E-state index in [1.807, 2.05) is 18.2 Å². The van der Waals surface area contributed by atoms with Crippen molar-refractivity contribution in [1.82, 2.24) is 0 Å². The lowest BCUT2D eigenvalue weighted by atomic mass is 10.0. The molecule has 0 aliphatic rings. The summed E-state index contributed by atoms with van der Waals surface area (Å²) in [6.45, 7) is 2.17. The van der Waals surface area contributed by atoms with E-state index in [1.165, 1.54) is 17.0 Å². The lowest BCUT2D eigenvalue weighted by Gasteiger charge is -2.03. The van der Waals surface area contributed by atoms with Crippen LogP contribution in [0.3, 0.4) is 0 Å². The van der Waals surface area contributed by atoms with Crippen LogP contribution in [0.2, 0.25) is 0 Å². The number of benzene rings is 3. The SMILES string of the molecule is CCCc1ccc2cc(C#Cc3ccc(F)c(F)c3)ccc2c1. The first kappa shape index (κ1) is 15.2. The van der Waals surface area contributed by atoms with Gasteiger partial charge in [0.1, 0.15) is 0 Å². The Balaban J connectivity index is 1.90. The zero-order chi connectivity index (χ0) is 16.2. The zero-order valence-corrected chi connectivity index (χ0v) is 12.9. The molecule has 0 fully saturated rings. The maximum atomic E-state index is 13.2. The van der Waals surface area contributed by atoms with Gasteiger partial charge < -0.3 is 0 Å². The molecular weight excluding hydrogens is 290 g/mol. The normalized spacial score (nSPS) is 10.4. The van der Waals surface area contributed by atoms with E-state index in [9.17, 15) is 8.78 Å². The fourth-order valence-corrected chi connectivity index (χ4v) is 2.54. The second-order valence-corrected chi connectivity index (χ2v) is 5.53. The van der Waals surface area contributed by atoms with E-state index in [-0.39, 0.29) is 0 Å². The Kier molecular flexibility index (Phi) is 4.39. The first-order chi connectivity index (χ1) is 11.2. The Bertz CT molecular complexity index is 914. The zero-order valence-electron chi connectivity index (χ0n) is 12.9. The average Bonchev–Trinajstić information content (AvgIpc) is 2.56. The largest absolute Gasteiger partial charge is 0.204 e. The van der Waals surface area contributed by atoms with Crippen molar-refractivity contribution in [3.05, 3.63) is 82.9 Å². The topological polar surface area (TPSA) is 0 Å². The van der Waals surface area contributed by atoms with Crippen molar-refractivity contribution in [2.24, 2.45) is 0 Å². The Labute approximate surface area is 134 Å². The summed E-state index contributed by atoms with van der Waals surface area (Å²) in [6, 6.07) is 16.1. The van der Waals surface area contributed by atoms with Gasteiger partial charge >= 0.3 is 0 Å². The monoisotopic (exact) mass is 306 g/mol. The van der Waals surface area contributed by atoms with Gasteiger partial charge in [0, 0.05) is 11.1 Å². The molecule has 114 valence electrons. The minimum absolute atomic E-state index is 0.460. The minimum atomic E-state index is -0.876. The molecule has 0 aromatic heterocycles. The molecular formula is C21H16F2. The molecule has 0 spiro atoms. The molecule has 0 heterocycles. The number of hydrogen-bond donors (Lipinski definition) is 0. The van der Waals surface area contributed by atoms with Gasteiger partial charge in [0.05, 0.1) is 0 Å². The summed E-state index contributed by atoms with van der Waals surface area (Å²) in [6.07, 6.45) is 2.21. The third kappa shape index (κ3) is 3.57. The van der Waals surface area contributed by atoms with Crippen LogP contribution in [0.15, 0.2) is 54.6 Å². The van der Waals surface area contributed by atoms with Gasteiger partial charge in [0.15, 0.2) is 11.6 Å². The molecule has 0 saturated heterocycles. The van der Waals surface area contributed by atoms with Crippen molar-refractivity contribution in [2.75, 3.05) is 0 Å². The Morgan fingerprint density at radius 3 is 2.13 bits per heavy atom. The number of aryl methyl sites for hydroxylation is 1. The smallest absolute Gasteiger partial charge is 0.160 e. The van der Waals surface area contributed by atoms with Crippen LogP contribution in [0.25, 0.3) is 10.8 Å². The van der Waals surface area contributed by atoms with Crippen molar-refractivity contribution in [2.45, 2.75) is 19.8 Å². The molecule has 3 aromatic carbocycles. The molecule has 0 N–H and O–H groups in total. The van der Waals surface area contributed by atoms with Crippen LogP contribution in [-0.2, 0) is 6.42 Å². The third-order valence-corrected chi connectivity index (χ3v) is 3.71. The van der Waals surface area contributed by atoms with E-state index >= 15 is 0 Å². The summed E-state index contributed by atoms with van der Waals surface area (Å²) in [5.41, 5.74) is 2.65. The van der Waals surface area contributed by atoms with Crippen molar-refractivity contribution < 1.29 is 8.78 Å². The second-order valence-electron chi connectivity index (χ2n) is 5.53. The molecule has 0 saturated carbocycles. The lowest BCUT2D eigenvalue weighted by molar-refractivity contribution is 0.508. The van der Waals surface area contributed by atoms with Crippen molar-refractivity contribution in [3.8, 4) is 11.8 Å². The molecule has 0 aliphatic carbocycles. The number of halogens is 2. The van der Waals surface area contributed by atoms with E-state index < -0.39 is 11.6 Å². The van der Waals surface area contributed by atoms with Crippen LogP contribution >= 0.6 is 0 Å². The molecule has 0 radical (unpaired) electrons. The fourth-order valence-electron chi connectivity index (χ4n) is 2.54. The van der Waals surface area contributed by atoms with Crippen molar-refractivity contribution in [1.29, 1.82) is 0 Å². The fraction of sp³-hybridized carbons (Fsp3) is 0.143.